The summed E-state index contributed by atoms with van der Waals surface area (Å²) >= 11 is 0. The summed E-state index contributed by atoms with van der Waals surface area (Å²) in [5.41, 5.74) is 2.26. The minimum Gasteiger partial charge on any atom is -0.508 e. The van der Waals surface area contributed by atoms with Gasteiger partial charge in [-0.05, 0) is 43.9 Å². The van der Waals surface area contributed by atoms with Gasteiger partial charge in [-0.25, -0.2) is 4.98 Å². The molecule has 1 saturated heterocycles. The Labute approximate surface area is 181 Å². The Kier molecular flexibility index (Phi) is 6.47. The maximum atomic E-state index is 12.5. The molecule has 0 aliphatic carbocycles. The second-order valence-electron chi connectivity index (χ2n) is 7.70. The summed E-state index contributed by atoms with van der Waals surface area (Å²) in [6.07, 6.45) is 7.97. The zero-order valence-electron chi connectivity index (χ0n) is 17.5. The smallest absolute Gasteiger partial charge is 0.252 e. The lowest BCUT2D eigenvalue weighted by atomic mass is 10.1. The first-order chi connectivity index (χ1) is 15.1. The van der Waals surface area contributed by atoms with Crippen molar-refractivity contribution in [2.45, 2.75) is 32.2 Å². The van der Waals surface area contributed by atoms with Gasteiger partial charge < -0.3 is 25.0 Å². The minimum absolute atomic E-state index is 0.168. The number of nitrogens with zero attached hydrogens (tertiary/aromatic N) is 3. The lowest BCUT2D eigenvalue weighted by molar-refractivity contribution is 0.0874. The Morgan fingerprint density at radius 3 is 3.00 bits per heavy atom. The third-order valence-electron chi connectivity index (χ3n) is 5.31. The van der Waals surface area contributed by atoms with Gasteiger partial charge in [0.1, 0.15) is 11.6 Å². The fraction of sp³-hybridized carbons (Fsp3) is 0.348. The second-order valence-corrected chi connectivity index (χ2v) is 7.70. The van der Waals surface area contributed by atoms with Crippen LogP contribution in [0.15, 0.2) is 48.9 Å². The van der Waals surface area contributed by atoms with Crippen LogP contribution in [0.4, 0.5) is 5.95 Å². The molecule has 4 rings (SSSR count). The Morgan fingerprint density at radius 1 is 1.32 bits per heavy atom. The number of nitrogens with one attached hydrogen (secondary N) is 2. The Morgan fingerprint density at radius 2 is 2.19 bits per heavy atom. The van der Waals surface area contributed by atoms with Crippen LogP contribution in [0.5, 0.6) is 5.75 Å². The summed E-state index contributed by atoms with van der Waals surface area (Å²) < 4.78 is 7.34. The van der Waals surface area contributed by atoms with Crippen molar-refractivity contribution in [2.75, 3.05) is 25.1 Å². The molecule has 3 N–H and O–H groups in total. The molecule has 162 valence electrons. The molecule has 2 aromatic heterocycles. The molecule has 1 unspecified atom stereocenters. The highest BCUT2D eigenvalue weighted by atomic mass is 16.5. The molecule has 0 saturated carbocycles. The van der Waals surface area contributed by atoms with E-state index in [0.717, 1.165) is 36.4 Å². The van der Waals surface area contributed by atoms with Crippen molar-refractivity contribution in [3.05, 3.63) is 65.6 Å². The number of para-hydroxylation sites is 1. The molecule has 8 heteroatoms. The quantitative estimate of drug-likeness (QED) is 0.542. The number of phenols is 1. The number of hydrogen-bond donors (Lipinski definition) is 3. The molecule has 1 amide bonds. The number of anilines is 1. The number of aryl methyl sites for hydroxylation is 1. The molecular weight excluding hydrogens is 394 g/mol. The van der Waals surface area contributed by atoms with E-state index in [1.165, 1.54) is 0 Å². The summed E-state index contributed by atoms with van der Waals surface area (Å²) in [4.78, 5) is 21.6. The number of aromatic hydroxyl groups is 1. The number of carbonyl (C=O) groups is 1. The number of ether oxygens (including phenoxy) is 1. The number of phenolic OH excluding ortho intramolecular Hbond substituents is 1. The summed E-state index contributed by atoms with van der Waals surface area (Å²) in [5.74, 6) is 1.35. The van der Waals surface area contributed by atoms with Crippen LogP contribution < -0.4 is 10.6 Å². The van der Waals surface area contributed by atoms with Gasteiger partial charge in [0, 0.05) is 37.3 Å². The van der Waals surface area contributed by atoms with E-state index in [1.54, 1.807) is 30.6 Å². The highest BCUT2D eigenvalue weighted by molar-refractivity contribution is 5.94. The van der Waals surface area contributed by atoms with Gasteiger partial charge >= 0.3 is 0 Å². The number of carbonyl (C=O) groups excluding carboxylic acids is 1. The molecular formula is C23H27N5O3. The van der Waals surface area contributed by atoms with E-state index in [2.05, 4.69) is 20.6 Å². The number of amides is 1. The van der Waals surface area contributed by atoms with Crippen molar-refractivity contribution in [1.29, 1.82) is 0 Å². The summed E-state index contributed by atoms with van der Waals surface area (Å²) in [6, 6.07) is 9.11. The number of benzene rings is 1. The first kappa shape index (κ1) is 20.9. The zero-order valence-corrected chi connectivity index (χ0v) is 17.5. The van der Waals surface area contributed by atoms with Gasteiger partial charge in [0.25, 0.3) is 5.91 Å². The van der Waals surface area contributed by atoms with Crippen molar-refractivity contribution in [1.82, 2.24) is 19.9 Å². The maximum Gasteiger partial charge on any atom is 0.252 e. The maximum absolute atomic E-state index is 12.5. The van der Waals surface area contributed by atoms with Crippen LogP contribution >= 0.6 is 0 Å². The third-order valence-corrected chi connectivity index (χ3v) is 5.31. The van der Waals surface area contributed by atoms with Crippen molar-refractivity contribution in [3.63, 3.8) is 0 Å². The summed E-state index contributed by atoms with van der Waals surface area (Å²) in [6.45, 7) is 3.83. The van der Waals surface area contributed by atoms with Gasteiger partial charge in [0.05, 0.1) is 18.2 Å². The molecule has 8 nitrogen and oxygen atoms in total. The third kappa shape index (κ3) is 5.21. The van der Waals surface area contributed by atoms with Crippen molar-refractivity contribution >= 4 is 11.9 Å². The van der Waals surface area contributed by atoms with Crippen LogP contribution in [0.3, 0.4) is 0 Å². The minimum atomic E-state index is -0.168. The highest BCUT2D eigenvalue weighted by Crippen LogP contribution is 2.18. The van der Waals surface area contributed by atoms with Crippen molar-refractivity contribution in [3.8, 4) is 11.6 Å². The summed E-state index contributed by atoms with van der Waals surface area (Å²) in [7, 11) is 0. The SMILES string of the molecule is Cc1cnc(NC2CCCOC2)nc1-n1ccc(C(=O)NCCc2ccccc2O)c1. The normalized spacial score (nSPS) is 16.1. The van der Waals surface area contributed by atoms with Crippen LogP contribution in [0.25, 0.3) is 5.82 Å². The number of aromatic nitrogens is 3. The molecule has 0 bridgehead atoms. The molecule has 0 spiro atoms. The Hall–Kier alpha value is -3.39. The molecule has 31 heavy (non-hydrogen) atoms. The fourth-order valence-corrected chi connectivity index (χ4v) is 3.60. The average molecular weight is 422 g/mol. The molecule has 1 fully saturated rings. The predicted octanol–water partition coefficient (Wildman–Crippen LogP) is 2.84. The Balaban J connectivity index is 1.40. The molecule has 0 radical (unpaired) electrons. The van der Waals surface area contributed by atoms with E-state index < -0.39 is 0 Å². The van der Waals surface area contributed by atoms with E-state index in [1.807, 2.05) is 29.8 Å². The molecule has 1 aliphatic heterocycles. The van der Waals surface area contributed by atoms with E-state index in [0.29, 0.717) is 31.1 Å². The van der Waals surface area contributed by atoms with Gasteiger partial charge in [-0.2, -0.15) is 4.98 Å². The monoisotopic (exact) mass is 421 g/mol. The van der Waals surface area contributed by atoms with E-state index >= 15 is 0 Å². The van der Waals surface area contributed by atoms with E-state index in [9.17, 15) is 9.90 Å². The fourth-order valence-electron chi connectivity index (χ4n) is 3.60. The first-order valence-electron chi connectivity index (χ1n) is 10.5. The lowest BCUT2D eigenvalue weighted by Crippen LogP contribution is -2.30. The molecule has 1 atom stereocenters. The standard InChI is InChI=1S/C23H27N5O3/c1-16-13-25-23(26-19-6-4-12-31-15-19)27-21(16)28-11-9-18(14-28)22(30)24-10-8-17-5-2-3-7-20(17)29/h2-3,5,7,9,11,13-14,19,29H,4,6,8,10,12,15H2,1H3,(H,24,30)(H,25,26,27). The van der Waals surface area contributed by atoms with Gasteiger partial charge in [0.15, 0.2) is 0 Å². The lowest BCUT2D eigenvalue weighted by Gasteiger charge is -2.23. The molecule has 3 aromatic rings. The van der Waals surface area contributed by atoms with Crippen molar-refractivity contribution in [2.24, 2.45) is 0 Å². The van der Waals surface area contributed by atoms with Crippen molar-refractivity contribution < 1.29 is 14.6 Å². The van der Waals surface area contributed by atoms with E-state index in [-0.39, 0.29) is 17.7 Å². The molecule has 1 aliphatic rings. The van der Waals surface area contributed by atoms with Crippen LogP contribution in [0, 0.1) is 6.92 Å². The van der Waals surface area contributed by atoms with Gasteiger partial charge in [-0.1, -0.05) is 18.2 Å². The van der Waals surface area contributed by atoms with Gasteiger partial charge in [-0.3, -0.25) is 4.79 Å². The highest BCUT2D eigenvalue weighted by Gasteiger charge is 2.16. The predicted molar refractivity (Wildman–Crippen MR) is 118 cm³/mol. The largest absolute Gasteiger partial charge is 0.508 e. The first-order valence-corrected chi connectivity index (χ1v) is 10.5. The van der Waals surface area contributed by atoms with Crippen LogP contribution in [0.2, 0.25) is 0 Å². The molecule has 3 heterocycles. The van der Waals surface area contributed by atoms with Crippen LogP contribution in [-0.4, -0.2) is 51.3 Å². The van der Waals surface area contributed by atoms with E-state index in [4.69, 9.17) is 4.74 Å². The second kappa shape index (κ2) is 9.61. The topological polar surface area (TPSA) is 101 Å². The van der Waals surface area contributed by atoms with Gasteiger partial charge in [0.2, 0.25) is 5.95 Å². The number of rotatable bonds is 7. The van der Waals surface area contributed by atoms with Gasteiger partial charge in [-0.15, -0.1) is 0 Å². The van der Waals surface area contributed by atoms with Crippen LogP contribution in [-0.2, 0) is 11.2 Å². The number of hydrogen-bond acceptors (Lipinski definition) is 6. The zero-order chi connectivity index (χ0) is 21.6. The Bertz CT molecular complexity index is 1040. The summed E-state index contributed by atoms with van der Waals surface area (Å²) in [5, 5.41) is 16.1. The van der Waals surface area contributed by atoms with Crippen LogP contribution in [0.1, 0.15) is 34.3 Å². The molecule has 1 aromatic carbocycles. The average Bonchev–Trinajstić information content (AvgIpc) is 3.27.